The van der Waals surface area contributed by atoms with E-state index in [4.69, 9.17) is 16.3 Å². The Bertz CT molecular complexity index is 510. The summed E-state index contributed by atoms with van der Waals surface area (Å²) in [4.78, 5) is 7.10. The first-order chi connectivity index (χ1) is 11.8. The summed E-state index contributed by atoms with van der Waals surface area (Å²) in [5, 5.41) is 7.50. The Morgan fingerprint density at radius 2 is 2.00 bits per heavy atom. The van der Waals surface area contributed by atoms with Crippen molar-refractivity contribution >= 4 is 41.5 Å². The van der Waals surface area contributed by atoms with Crippen LogP contribution in [0.4, 0.5) is 0 Å². The molecule has 0 spiro atoms. The molecule has 0 amide bonds. The van der Waals surface area contributed by atoms with Gasteiger partial charge in [-0.05, 0) is 31.4 Å². The van der Waals surface area contributed by atoms with Gasteiger partial charge in [-0.2, -0.15) is 0 Å². The van der Waals surface area contributed by atoms with Crippen LogP contribution < -0.4 is 10.6 Å². The summed E-state index contributed by atoms with van der Waals surface area (Å²) >= 11 is 6.19. The standard InChI is InChI=1S/C18H29ClN4O.HI/c1-2-20-18(21-9-5-11-23-12-14-24-15-13-23)22-10-8-16-6-3-4-7-17(16)19;/h3-4,6-7H,2,5,8-15H2,1H3,(H2,20,21,22);1H. The number of halogens is 2. The van der Waals surface area contributed by atoms with Crippen LogP contribution in [0.2, 0.25) is 5.02 Å². The molecular weight excluding hydrogens is 451 g/mol. The predicted molar refractivity (Wildman–Crippen MR) is 116 cm³/mol. The van der Waals surface area contributed by atoms with Crippen LogP contribution in [-0.4, -0.2) is 63.3 Å². The van der Waals surface area contributed by atoms with Crippen molar-refractivity contribution in [3.63, 3.8) is 0 Å². The van der Waals surface area contributed by atoms with Gasteiger partial charge >= 0.3 is 0 Å². The van der Waals surface area contributed by atoms with E-state index in [-0.39, 0.29) is 24.0 Å². The minimum atomic E-state index is 0. The number of nitrogens with zero attached hydrogens (tertiary/aromatic N) is 2. The average molecular weight is 481 g/mol. The summed E-state index contributed by atoms with van der Waals surface area (Å²) in [6.07, 6.45) is 1.96. The first-order valence-electron chi connectivity index (χ1n) is 8.85. The molecule has 1 saturated heterocycles. The molecular formula is C18H30ClIN4O. The van der Waals surface area contributed by atoms with Crippen molar-refractivity contribution in [2.75, 3.05) is 52.5 Å². The quantitative estimate of drug-likeness (QED) is 0.260. The van der Waals surface area contributed by atoms with Crippen molar-refractivity contribution in [1.29, 1.82) is 0 Å². The van der Waals surface area contributed by atoms with Crippen molar-refractivity contribution in [3.05, 3.63) is 34.9 Å². The number of ether oxygens (including phenoxy) is 1. The van der Waals surface area contributed by atoms with E-state index in [0.717, 1.165) is 81.9 Å². The summed E-state index contributed by atoms with van der Waals surface area (Å²) in [7, 11) is 0. The maximum absolute atomic E-state index is 6.19. The van der Waals surface area contributed by atoms with Crippen molar-refractivity contribution in [2.24, 2.45) is 4.99 Å². The fourth-order valence-corrected chi connectivity index (χ4v) is 2.90. The van der Waals surface area contributed by atoms with Crippen LogP contribution in [0.1, 0.15) is 18.9 Å². The molecule has 1 aliphatic heterocycles. The largest absolute Gasteiger partial charge is 0.379 e. The van der Waals surface area contributed by atoms with E-state index in [1.807, 2.05) is 18.2 Å². The molecule has 1 heterocycles. The molecule has 0 aromatic heterocycles. The molecule has 25 heavy (non-hydrogen) atoms. The lowest BCUT2D eigenvalue weighted by atomic mass is 10.1. The third-order valence-electron chi connectivity index (χ3n) is 3.99. The van der Waals surface area contributed by atoms with Gasteiger partial charge in [0.25, 0.3) is 0 Å². The molecule has 0 radical (unpaired) electrons. The van der Waals surface area contributed by atoms with Gasteiger partial charge in [-0.15, -0.1) is 24.0 Å². The second-order valence-corrected chi connectivity index (χ2v) is 6.24. The fraction of sp³-hybridized carbons (Fsp3) is 0.611. The van der Waals surface area contributed by atoms with Gasteiger partial charge in [0.05, 0.1) is 13.2 Å². The van der Waals surface area contributed by atoms with Gasteiger partial charge in [0, 0.05) is 44.3 Å². The van der Waals surface area contributed by atoms with Crippen LogP contribution in [0.5, 0.6) is 0 Å². The van der Waals surface area contributed by atoms with Gasteiger partial charge in [-0.3, -0.25) is 9.89 Å². The molecule has 0 bridgehead atoms. The van der Waals surface area contributed by atoms with Gasteiger partial charge in [0.1, 0.15) is 0 Å². The Morgan fingerprint density at radius 3 is 2.72 bits per heavy atom. The molecule has 2 rings (SSSR count). The number of nitrogens with one attached hydrogen (secondary N) is 2. The maximum Gasteiger partial charge on any atom is 0.191 e. The zero-order valence-electron chi connectivity index (χ0n) is 15.0. The third-order valence-corrected chi connectivity index (χ3v) is 4.36. The summed E-state index contributed by atoms with van der Waals surface area (Å²) < 4.78 is 5.37. The number of guanidine groups is 1. The number of morpholine rings is 1. The average Bonchev–Trinajstić information content (AvgIpc) is 2.61. The first-order valence-corrected chi connectivity index (χ1v) is 9.23. The molecule has 0 atom stereocenters. The van der Waals surface area contributed by atoms with Crippen LogP contribution in [0.3, 0.4) is 0 Å². The van der Waals surface area contributed by atoms with E-state index in [1.165, 1.54) is 0 Å². The predicted octanol–water partition coefficient (Wildman–Crippen LogP) is 2.78. The monoisotopic (exact) mass is 480 g/mol. The van der Waals surface area contributed by atoms with Crippen LogP contribution in [0.25, 0.3) is 0 Å². The van der Waals surface area contributed by atoms with E-state index in [2.05, 4.69) is 33.5 Å². The molecule has 0 aliphatic carbocycles. The highest BCUT2D eigenvalue weighted by Crippen LogP contribution is 2.14. The molecule has 2 N–H and O–H groups in total. The lowest BCUT2D eigenvalue weighted by Gasteiger charge is -2.26. The van der Waals surface area contributed by atoms with Crippen LogP contribution >= 0.6 is 35.6 Å². The topological polar surface area (TPSA) is 48.9 Å². The smallest absolute Gasteiger partial charge is 0.191 e. The van der Waals surface area contributed by atoms with E-state index in [9.17, 15) is 0 Å². The van der Waals surface area contributed by atoms with E-state index < -0.39 is 0 Å². The zero-order chi connectivity index (χ0) is 17.0. The Labute approximate surface area is 173 Å². The molecule has 142 valence electrons. The summed E-state index contributed by atoms with van der Waals surface area (Å²) in [6.45, 7) is 9.48. The van der Waals surface area contributed by atoms with Crippen LogP contribution in [0.15, 0.2) is 29.3 Å². The SMILES string of the molecule is CCNC(=NCCCN1CCOCC1)NCCc1ccccc1Cl.I. The first kappa shape index (κ1) is 22.5. The maximum atomic E-state index is 6.19. The molecule has 0 unspecified atom stereocenters. The number of rotatable bonds is 8. The minimum absolute atomic E-state index is 0. The van der Waals surface area contributed by atoms with Crippen molar-refractivity contribution in [1.82, 2.24) is 15.5 Å². The highest BCUT2D eigenvalue weighted by Gasteiger charge is 2.09. The van der Waals surface area contributed by atoms with E-state index in [0.29, 0.717) is 0 Å². The summed E-state index contributed by atoms with van der Waals surface area (Å²) in [5.41, 5.74) is 1.16. The van der Waals surface area contributed by atoms with Crippen molar-refractivity contribution in [3.8, 4) is 0 Å². The highest BCUT2D eigenvalue weighted by atomic mass is 127. The van der Waals surface area contributed by atoms with Crippen LogP contribution in [-0.2, 0) is 11.2 Å². The van der Waals surface area contributed by atoms with Crippen LogP contribution in [0, 0.1) is 0 Å². The minimum Gasteiger partial charge on any atom is -0.379 e. The Hall–Kier alpha value is -0.570. The van der Waals surface area contributed by atoms with E-state index in [1.54, 1.807) is 0 Å². The van der Waals surface area contributed by atoms with Gasteiger partial charge in [0.15, 0.2) is 5.96 Å². The molecule has 7 heteroatoms. The Kier molecular flexibility index (Phi) is 12.2. The number of hydrogen-bond donors (Lipinski definition) is 2. The molecule has 1 fully saturated rings. The Balaban J connectivity index is 0.00000312. The third kappa shape index (κ3) is 9.08. The zero-order valence-corrected chi connectivity index (χ0v) is 18.1. The van der Waals surface area contributed by atoms with Crippen molar-refractivity contribution in [2.45, 2.75) is 19.8 Å². The fourth-order valence-electron chi connectivity index (χ4n) is 2.67. The molecule has 1 aliphatic rings. The molecule has 1 aromatic rings. The van der Waals surface area contributed by atoms with Gasteiger partial charge in [0.2, 0.25) is 0 Å². The number of hydrogen-bond acceptors (Lipinski definition) is 3. The highest BCUT2D eigenvalue weighted by molar-refractivity contribution is 14.0. The lowest BCUT2D eigenvalue weighted by molar-refractivity contribution is 0.0377. The normalized spacial score (nSPS) is 15.5. The van der Waals surface area contributed by atoms with E-state index >= 15 is 0 Å². The van der Waals surface area contributed by atoms with Gasteiger partial charge in [-0.1, -0.05) is 29.8 Å². The molecule has 1 aromatic carbocycles. The molecule has 5 nitrogen and oxygen atoms in total. The summed E-state index contributed by atoms with van der Waals surface area (Å²) in [5.74, 6) is 0.881. The van der Waals surface area contributed by atoms with Gasteiger partial charge < -0.3 is 15.4 Å². The number of benzene rings is 1. The second kappa shape index (κ2) is 13.6. The van der Waals surface area contributed by atoms with Gasteiger partial charge in [-0.25, -0.2) is 0 Å². The Morgan fingerprint density at radius 1 is 1.24 bits per heavy atom. The summed E-state index contributed by atoms with van der Waals surface area (Å²) in [6, 6.07) is 7.98. The lowest BCUT2D eigenvalue weighted by Crippen LogP contribution is -2.39. The second-order valence-electron chi connectivity index (χ2n) is 5.84. The molecule has 0 saturated carbocycles. The van der Waals surface area contributed by atoms with Crippen molar-refractivity contribution < 1.29 is 4.74 Å². The number of aliphatic imine (C=N–C) groups is 1.